The van der Waals surface area contributed by atoms with Crippen molar-refractivity contribution in [3.05, 3.63) is 87.9 Å². The zero-order valence-corrected chi connectivity index (χ0v) is 17.8. The molecule has 3 aromatic rings. The summed E-state index contributed by atoms with van der Waals surface area (Å²) in [7, 11) is 3.30. The minimum atomic E-state index is 0.467. The van der Waals surface area contributed by atoms with E-state index < -0.39 is 0 Å². The Morgan fingerprint density at radius 1 is 0.828 bits per heavy atom. The van der Waals surface area contributed by atoms with Crippen LogP contribution in [0.3, 0.4) is 0 Å². The molecule has 5 heteroatoms. The van der Waals surface area contributed by atoms with Gasteiger partial charge in [-0.1, -0.05) is 48.0 Å². The Labute approximate surface area is 177 Å². The molecule has 3 rings (SSSR count). The zero-order chi connectivity index (χ0) is 20.6. The molecule has 152 valence electrons. The fraction of sp³-hybridized carbons (Fsp3) is 0.250. The summed E-state index contributed by atoms with van der Waals surface area (Å²) in [5.74, 6) is 2.16. The molecule has 0 radical (unpaired) electrons. The van der Waals surface area contributed by atoms with Gasteiger partial charge in [-0.3, -0.25) is 0 Å². The molecule has 0 saturated heterocycles. The highest BCUT2D eigenvalue weighted by Gasteiger charge is 2.11. The summed E-state index contributed by atoms with van der Waals surface area (Å²) < 4.78 is 16.7. The van der Waals surface area contributed by atoms with E-state index in [9.17, 15) is 0 Å². The van der Waals surface area contributed by atoms with E-state index in [-0.39, 0.29) is 0 Å². The number of methoxy groups -OCH3 is 2. The van der Waals surface area contributed by atoms with Gasteiger partial charge in [0.25, 0.3) is 0 Å². The van der Waals surface area contributed by atoms with Crippen LogP contribution in [-0.4, -0.2) is 14.2 Å². The summed E-state index contributed by atoms with van der Waals surface area (Å²) in [6.07, 6.45) is 0. The number of nitrogens with one attached hydrogen (secondary N) is 1. The monoisotopic (exact) mass is 411 g/mol. The van der Waals surface area contributed by atoms with Gasteiger partial charge in [-0.05, 0) is 47.4 Å². The van der Waals surface area contributed by atoms with Gasteiger partial charge in [-0.2, -0.15) is 0 Å². The van der Waals surface area contributed by atoms with E-state index in [1.165, 1.54) is 11.1 Å². The molecule has 1 N–H and O–H groups in total. The van der Waals surface area contributed by atoms with Crippen molar-refractivity contribution < 1.29 is 14.2 Å². The van der Waals surface area contributed by atoms with E-state index in [2.05, 4.69) is 24.4 Å². The van der Waals surface area contributed by atoms with Crippen LogP contribution < -0.4 is 19.5 Å². The summed E-state index contributed by atoms with van der Waals surface area (Å²) in [6.45, 7) is 3.89. The minimum Gasteiger partial charge on any atom is -0.497 e. The molecule has 0 unspecified atom stereocenters. The van der Waals surface area contributed by atoms with Crippen molar-refractivity contribution in [2.24, 2.45) is 0 Å². The van der Waals surface area contributed by atoms with Gasteiger partial charge in [-0.15, -0.1) is 0 Å². The third-order valence-corrected chi connectivity index (χ3v) is 5.13. The van der Waals surface area contributed by atoms with Gasteiger partial charge in [0.05, 0.1) is 14.2 Å². The molecule has 0 aliphatic carbocycles. The molecule has 0 atom stereocenters. The number of halogens is 1. The maximum atomic E-state index is 6.50. The van der Waals surface area contributed by atoms with Crippen LogP contribution in [-0.2, 0) is 19.7 Å². The predicted molar refractivity (Wildman–Crippen MR) is 117 cm³/mol. The normalized spacial score (nSPS) is 10.6. The van der Waals surface area contributed by atoms with E-state index >= 15 is 0 Å². The van der Waals surface area contributed by atoms with Crippen molar-refractivity contribution in [1.29, 1.82) is 0 Å². The van der Waals surface area contributed by atoms with Crippen LogP contribution in [0.5, 0.6) is 17.2 Å². The quantitative estimate of drug-likeness (QED) is 0.502. The Bertz CT molecular complexity index is 941. The molecule has 0 aliphatic rings. The Morgan fingerprint density at radius 3 is 2.28 bits per heavy atom. The third kappa shape index (κ3) is 5.66. The van der Waals surface area contributed by atoms with Crippen LogP contribution in [0.2, 0.25) is 5.02 Å². The van der Waals surface area contributed by atoms with Crippen LogP contribution >= 0.6 is 11.6 Å². The molecule has 0 aliphatic heterocycles. The second kappa shape index (κ2) is 10.2. The highest BCUT2D eigenvalue weighted by Crippen LogP contribution is 2.34. The number of rotatable bonds is 9. The zero-order valence-electron chi connectivity index (χ0n) is 17.0. The van der Waals surface area contributed by atoms with E-state index in [0.29, 0.717) is 29.7 Å². The van der Waals surface area contributed by atoms with E-state index in [0.717, 1.165) is 23.4 Å². The summed E-state index contributed by atoms with van der Waals surface area (Å²) in [5, 5.41) is 4.06. The number of ether oxygens (including phenoxy) is 3. The SMILES string of the molecule is COc1ccc(CNCc2cc(OC)c(OCc3ccccc3C)cc2Cl)cc1. The highest BCUT2D eigenvalue weighted by molar-refractivity contribution is 6.31. The van der Waals surface area contributed by atoms with E-state index in [1.54, 1.807) is 14.2 Å². The highest BCUT2D eigenvalue weighted by atomic mass is 35.5. The molecule has 0 heterocycles. The van der Waals surface area contributed by atoms with Crippen LogP contribution in [0.15, 0.2) is 60.7 Å². The van der Waals surface area contributed by atoms with Crippen LogP contribution in [0, 0.1) is 6.92 Å². The maximum Gasteiger partial charge on any atom is 0.163 e. The lowest BCUT2D eigenvalue weighted by atomic mass is 10.1. The lowest BCUT2D eigenvalue weighted by molar-refractivity contribution is 0.283. The largest absolute Gasteiger partial charge is 0.497 e. The summed E-state index contributed by atoms with van der Waals surface area (Å²) in [5.41, 5.74) is 4.46. The molecular weight excluding hydrogens is 386 g/mol. The molecular formula is C24H26ClNO3. The molecule has 3 aromatic carbocycles. The molecule has 4 nitrogen and oxygen atoms in total. The van der Waals surface area contributed by atoms with E-state index in [1.807, 2.05) is 48.5 Å². The average molecular weight is 412 g/mol. The van der Waals surface area contributed by atoms with Crippen LogP contribution in [0.4, 0.5) is 0 Å². The van der Waals surface area contributed by atoms with Crippen molar-refractivity contribution in [1.82, 2.24) is 5.32 Å². The number of benzene rings is 3. The Balaban J connectivity index is 1.63. The molecule has 0 spiro atoms. The van der Waals surface area contributed by atoms with Gasteiger partial charge < -0.3 is 19.5 Å². The smallest absolute Gasteiger partial charge is 0.163 e. The van der Waals surface area contributed by atoms with Crippen LogP contribution in [0.25, 0.3) is 0 Å². The molecule has 0 bridgehead atoms. The summed E-state index contributed by atoms with van der Waals surface area (Å²) in [4.78, 5) is 0. The van der Waals surface area contributed by atoms with Crippen molar-refractivity contribution in [3.8, 4) is 17.2 Å². The van der Waals surface area contributed by atoms with Gasteiger partial charge in [-0.25, -0.2) is 0 Å². The number of hydrogen-bond acceptors (Lipinski definition) is 4. The standard InChI is InChI=1S/C24H26ClNO3/c1-17-6-4-5-7-19(17)16-29-24-13-22(25)20(12-23(24)28-3)15-26-14-18-8-10-21(27-2)11-9-18/h4-13,26H,14-16H2,1-3H3. The number of aryl methyl sites for hydroxylation is 1. The Kier molecular flexibility index (Phi) is 7.39. The fourth-order valence-electron chi connectivity index (χ4n) is 3.00. The molecule has 0 amide bonds. The van der Waals surface area contributed by atoms with Crippen molar-refractivity contribution in [2.45, 2.75) is 26.6 Å². The second-order valence-electron chi connectivity index (χ2n) is 6.76. The minimum absolute atomic E-state index is 0.467. The lowest BCUT2D eigenvalue weighted by Gasteiger charge is -2.15. The summed E-state index contributed by atoms with van der Waals surface area (Å²) in [6, 6.07) is 19.9. The number of hydrogen-bond donors (Lipinski definition) is 1. The van der Waals surface area contributed by atoms with Gasteiger partial charge in [0.2, 0.25) is 0 Å². The topological polar surface area (TPSA) is 39.7 Å². The molecule has 0 aromatic heterocycles. The lowest BCUT2D eigenvalue weighted by Crippen LogP contribution is -2.13. The van der Waals surface area contributed by atoms with Crippen LogP contribution in [0.1, 0.15) is 22.3 Å². The Hall–Kier alpha value is -2.69. The Morgan fingerprint density at radius 2 is 1.59 bits per heavy atom. The first kappa shape index (κ1) is 21.0. The average Bonchev–Trinajstić information content (AvgIpc) is 2.75. The van der Waals surface area contributed by atoms with Gasteiger partial charge in [0.15, 0.2) is 11.5 Å². The second-order valence-corrected chi connectivity index (χ2v) is 7.17. The van der Waals surface area contributed by atoms with E-state index in [4.69, 9.17) is 25.8 Å². The van der Waals surface area contributed by atoms with Crippen molar-refractivity contribution in [3.63, 3.8) is 0 Å². The first-order valence-electron chi connectivity index (χ1n) is 9.48. The van der Waals surface area contributed by atoms with Crippen molar-refractivity contribution in [2.75, 3.05) is 14.2 Å². The van der Waals surface area contributed by atoms with Crippen molar-refractivity contribution >= 4 is 11.6 Å². The van der Waals surface area contributed by atoms with Gasteiger partial charge in [0.1, 0.15) is 12.4 Å². The first-order valence-corrected chi connectivity index (χ1v) is 9.86. The van der Waals surface area contributed by atoms with Gasteiger partial charge >= 0.3 is 0 Å². The first-order chi connectivity index (χ1) is 14.1. The molecule has 29 heavy (non-hydrogen) atoms. The molecule has 0 saturated carbocycles. The summed E-state index contributed by atoms with van der Waals surface area (Å²) >= 11 is 6.50. The third-order valence-electron chi connectivity index (χ3n) is 4.78. The maximum absolute atomic E-state index is 6.50. The fourth-order valence-corrected chi connectivity index (χ4v) is 3.22. The van der Waals surface area contributed by atoms with Gasteiger partial charge in [0, 0.05) is 24.2 Å². The molecule has 0 fully saturated rings. The predicted octanol–water partition coefficient (Wildman–Crippen LogP) is 5.53.